The summed E-state index contributed by atoms with van der Waals surface area (Å²) in [7, 11) is 1.54. The van der Waals surface area contributed by atoms with Crippen LogP contribution in [0, 0.1) is 0 Å². The lowest BCUT2D eigenvalue weighted by molar-refractivity contribution is 0.311. The second-order valence-corrected chi connectivity index (χ2v) is 8.91. The number of methoxy groups -OCH3 is 1. The fourth-order valence-electron chi connectivity index (χ4n) is 4.15. The number of hydrogen-bond acceptors (Lipinski definition) is 5. The van der Waals surface area contributed by atoms with Gasteiger partial charge in [0.1, 0.15) is 10.8 Å². The molecule has 1 aliphatic rings. The van der Waals surface area contributed by atoms with Crippen molar-refractivity contribution in [3.8, 4) is 11.5 Å². The molecule has 1 fully saturated rings. The van der Waals surface area contributed by atoms with E-state index in [1.807, 2.05) is 25.1 Å². The van der Waals surface area contributed by atoms with Gasteiger partial charge in [0, 0.05) is 16.0 Å². The van der Waals surface area contributed by atoms with Gasteiger partial charge in [0.2, 0.25) is 0 Å². The van der Waals surface area contributed by atoms with Crippen molar-refractivity contribution in [3.63, 3.8) is 0 Å². The van der Waals surface area contributed by atoms with Gasteiger partial charge in [-0.15, -0.1) is 0 Å². The molecule has 8 heteroatoms. The first-order valence-corrected chi connectivity index (χ1v) is 12.0. The minimum absolute atomic E-state index is 0.173. The summed E-state index contributed by atoms with van der Waals surface area (Å²) < 4.78 is 13.1. The molecule has 0 aliphatic heterocycles. The molecular weight excluding hydrogens is 494 g/mol. The maximum Gasteiger partial charge on any atom is 0.282 e. The molecule has 32 heavy (non-hydrogen) atoms. The van der Waals surface area contributed by atoms with Crippen LogP contribution in [-0.4, -0.2) is 29.6 Å². The van der Waals surface area contributed by atoms with E-state index in [0.717, 1.165) is 25.7 Å². The Balaban J connectivity index is 1.85. The van der Waals surface area contributed by atoms with Crippen LogP contribution in [0.4, 0.5) is 0 Å². The molecule has 6 nitrogen and oxygen atoms in total. The number of ether oxygens (including phenoxy) is 2. The molecule has 0 radical (unpaired) electrons. The van der Waals surface area contributed by atoms with Crippen molar-refractivity contribution in [3.05, 3.63) is 61.6 Å². The molecule has 0 N–H and O–H groups in total. The lowest BCUT2D eigenvalue weighted by atomic mass is 9.88. The second-order valence-electron chi connectivity index (χ2n) is 7.74. The SMILES string of the molecule is CCOc1cc(C=Nn2c(C3CCCCC3)nc3ccccc3c2=O)c(Br)c(Cl)c1OC. The van der Waals surface area contributed by atoms with Gasteiger partial charge in [0.25, 0.3) is 5.56 Å². The van der Waals surface area contributed by atoms with Gasteiger partial charge in [-0.2, -0.15) is 9.78 Å². The summed E-state index contributed by atoms with van der Waals surface area (Å²) in [6.45, 7) is 2.35. The van der Waals surface area contributed by atoms with Gasteiger partial charge < -0.3 is 9.47 Å². The predicted octanol–water partition coefficient (Wildman–Crippen LogP) is 6.15. The highest BCUT2D eigenvalue weighted by atomic mass is 79.9. The van der Waals surface area contributed by atoms with Crippen LogP contribution < -0.4 is 15.0 Å². The van der Waals surface area contributed by atoms with E-state index in [9.17, 15) is 4.79 Å². The summed E-state index contributed by atoms with van der Waals surface area (Å²) in [5.41, 5.74) is 1.21. The van der Waals surface area contributed by atoms with Gasteiger partial charge in [-0.1, -0.05) is 43.0 Å². The molecule has 3 aromatic rings. The quantitative estimate of drug-likeness (QED) is 0.367. The second kappa shape index (κ2) is 10.0. The zero-order chi connectivity index (χ0) is 22.7. The molecule has 0 unspecified atom stereocenters. The number of halogens is 2. The molecule has 1 aliphatic carbocycles. The Hall–Kier alpha value is -2.38. The summed E-state index contributed by atoms with van der Waals surface area (Å²) in [5, 5.41) is 5.52. The van der Waals surface area contributed by atoms with E-state index in [-0.39, 0.29) is 11.5 Å². The summed E-state index contributed by atoms with van der Waals surface area (Å²) in [6.07, 6.45) is 7.11. The van der Waals surface area contributed by atoms with E-state index in [2.05, 4.69) is 21.0 Å². The third-order valence-electron chi connectivity index (χ3n) is 5.72. The van der Waals surface area contributed by atoms with Gasteiger partial charge in [-0.25, -0.2) is 4.98 Å². The van der Waals surface area contributed by atoms with E-state index in [1.54, 1.807) is 25.5 Å². The van der Waals surface area contributed by atoms with Crippen molar-refractivity contribution in [2.75, 3.05) is 13.7 Å². The van der Waals surface area contributed by atoms with Crippen molar-refractivity contribution < 1.29 is 9.47 Å². The summed E-state index contributed by atoms with van der Waals surface area (Å²) in [6, 6.07) is 9.20. The molecule has 4 rings (SSSR count). The lowest BCUT2D eigenvalue weighted by Crippen LogP contribution is -2.25. The van der Waals surface area contributed by atoms with Crippen LogP contribution in [0.25, 0.3) is 10.9 Å². The number of hydrogen-bond donors (Lipinski definition) is 0. The Kier molecular flexibility index (Phi) is 7.16. The maximum atomic E-state index is 13.4. The molecule has 0 atom stereocenters. The molecule has 168 valence electrons. The monoisotopic (exact) mass is 517 g/mol. The highest BCUT2D eigenvalue weighted by Gasteiger charge is 2.23. The number of benzene rings is 2. The standard InChI is InChI=1S/C24H25BrClN3O3/c1-3-32-19-13-16(20(25)21(26)22(19)31-2)14-27-29-23(15-9-5-4-6-10-15)28-18-12-8-7-11-17(18)24(29)30/h7-8,11-15H,3-6,9-10H2,1-2H3. The smallest absolute Gasteiger partial charge is 0.282 e. The first-order chi connectivity index (χ1) is 15.5. The molecule has 0 bridgehead atoms. The highest BCUT2D eigenvalue weighted by Crippen LogP contribution is 2.42. The van der Waals surface area contributed by atoms with E-state index in [0.29, 0.717) is 49.9 Å². The van der Waals surface area contributed by atoms with Gasteiger partial charge >= 0.3 is 0 Å². The Morgan fingerprint density at radius 2 is 2.03 bits per heavy atom. The van der Waals surface area contributed by atoms with Crippen molar-refractivity contribution in [1.29, 1.82) is 0 Å². The van der Waals surface area contributed by atoms with Gasteiger partial charge in [-0.05, 0) is 53.9 Å². The number of nitrogens with zero attached hydrogens (tertiary/aromatic N) is 3. The van der Waals surface area contributed by atoms with Crippen LogP contribution in [0.5, 0.6) is 11.5 Å². The van der Waals surface area contributed by atoms with Crippen molar-refractivity contribution in [2.24, 2.45) is 5.10 Å². The molecule has 0 spiro atoms. The average Bonchev–Trinajstić information content (AvgIpc) is 2.82. The Bertz CT molecular complexity index is 1220. The highest BCUT2D eigenvalue weighted by molar-refractivity contribution is 9.10. The number of para-hydroxylation sites is 1. The normalized spacial score (nSPS) is 14.9. The van der Waals surface area contributed by atoms with Gasteiger partial charge in [0.15, 0.2) is 11.5 Å². The Labute approximate surface area is 200 Å². The summed E-state index contributed by atoms with van der Waals surface area (Å²) in [4.78, 5) is 18.2. The fraction of sp³-hybridized carbons (Fsp3) is 0.375. The van der Waals surface area contributed by atoms with Gasteiger partial charge in [0.05, 0.1) is 30.8 Å². The zero-order valence-corrected chi connectivity index (χ0v) is 20.4. The number of aromatic nitrogens is 2. The van der Waals surface area contributed by atoms with Crippen LogP contribution in [0.1, 0.15) is 56.3 Å². The molecular formula is C24H25BrClN3O3. The number of fused-ring (bicyclic) bond motifs is 1. The van der Waals surface area contributed by atoms with Crippen molar-refractivity contribution in [2.45, 2.75) is 44.9 Å². The van der Waals surface area contributed by atoms with E-state index < -0.39 is 0 Å². The molecule has 1 aromatic heterocycles. The molecule has 1 saturated carbocycles. The summed E-state index contributed by atoms with van der Waals surface area (Å²) in [5.74, 6) is 1.89. The van der Waals surface area contributed by atoms with Crippen molar-refractivity contribution >= 4 is 44.6 Å². The van der Waals surface area contributed by atoms with E-state index >= 15 is 0 Å². The Morgan fingerprint density at radius 1 is 1.28 bits per heavy atom. The minimum atomic E-state index is -0.173. The first-order valence-electron chi connectivity index (χ1n) is 10.8. The fourth-order valence-corrected chi connectivity index (χ4v) is 4.83. The largest absolute Gasteiger partial charge is 0.491 e. The van der Waals surface area contributed by atoms with Crippen LogP contribution in [0.15, 0.2) is 44.7 Å². The summed E-state index contributed by atoms with van der Waals surface area (Å²) >= 11 is 10.0. The average molecular weight is 519 g/mol. The molecule has 2 aromatic carbocycles. The van der Waals surface area contributed by atoms with Crippen LogP contribution in [-0.2, 0) is 0 Å². The van der Waals surface area contributed by atoms with Crippen molar-refractivity contribution in [1.82, 2.24) is 9.66 Å². The van der Waals surface area contributed by atoms with E-state index in [1.165, 1.54) is 11.1 Å². The molecule has 0 saturated heterocycles. The van der Waals surface area contributed by atoms with Crippen LogP contribution in [0.3, 0.4) is 0 Å². The first kappa shape index (κ1) is 22.8. The van der Waals surface area contributed by atoms with E-state index in [4.69, 9.17) is 26.1 Å². The third-order valence-corrected chi connectivity index (χ3v) is 7.16. The molecule has 1 heterocycles. The topological polar surface area (TPSA) is 65.7 Å². The lowest BCUT2D eigenvalue weighted by Gasteiger charge is -2.22. The predicted molar refractivity (Wildman–Crippen MR) is 132 cm³/mol. The zero-order valence-electron chi connectivity index (χ0n) is 18.1. The third kappa shape index (κ3) is 4.41. The maximum absolute atomic E-state index is 13.4. The van der Waals surface area contributed by atoms with Crippen LogP contribution >= 0.6 is 27.5 Å². The van der Waals surface area contributed by atoms with Gasteiger partial charge in [-0.3, -0.25) is 4.79 Å². The number of rotatable bonds is 6. The Morgan fingerprint density at radius 3 is 2.75 bits per heavy atom. The minimum Gasteiger partial charge on any atom is -0.491 e. The van der Waals surface area contributed by atoms with Crippen LogP contribution in [0.2, 0.25) is 5.02 Å². The molecule has 0 amide bonds.